The molecule has 2 aliphatic heterocycles. The molecule has 0 N–H and O–H groups in total. The molecule has 0 aliphatic carbocycles. The second-order valence-electron chi connectivity index (χ2n) is 3.80. The van der Waals surface area contributed by atoms with Crippen molar-refractivity contribution in [3.05, 3.63) is 24.3 Å². The molecule has 60 valence electrons. The molecule has 2 bridgehead atoms. The van der Waals surface area contributed by atoms with E-state index in [0.717, 1.165) is 18.4 Å². The Bertz CT molecular complexity index is 229. The van der Waals surface area contributed by atoms with Crippen LogP contribution in [-0.2, 0) is 4.74 Å². The van der Waals surface area contributed by atoms with E-state index in [4.69, 9.17) is 4.74 Å². The Labute approximate surface area is 67.7 Å². The van der Waals surface area contributed by atoms with Gasteiger partial charge in [0.05, 0.1) is 11.7 Å². The van der Waals surface area contributed by atoms with Gasteiger partial charge in [0.15, 0.2) is 0 Å². The summed E-state index contributed by atoms with van der Waals surface area (Å²) in [4.78, 5) is 0. The van der Waals surface area contributed by atoms with E-state index in [-0.39, 0.29) is 5.60 Å². The van der Waals surface area contributed by atoms with Gasteiger partial charge in [-0.15, -0.1) is 0 Å². The van der Waals surface area contributed by atoms with E-state index in [1.165, 1.54) is 12.0 Å². The SMILES string of the molecule is C=C1CC2CCC(C)(O2)C1=C. The normalized spacial score (nSPS) is 43.2. The van der Waals surface area contributed by atoms with E-state index in [9.17, 15) is 0 Å². The van der Waals surface area contributed by atoms with Crippen molar-refractivity contribution in [1.29, 1.82) is 0 Å². The molecule has 0 aromatic carbocycles. The van der Waals surface area contributed by atoms with Crippen molar-refractivity contribution in [3.8, 4) is 0 Å². The first-order valence-corrected chi connectivity index (χ1v) is 4.17. The zero-order valence-corrected chi connectivity index (χ0v) is 7.02. The highest BCUT2D eigenvalue weighted by Crippen LogP contribution is 2.45. The summed E-state index contributed by atoms with van der Waals surface area (Å²) in [6.45, 7) is 10.1. The smallest absolute Gasteiger partial charge is 0.0904 e. The Morgan fingerprint density at radius 2 is 2.27 bits per heavy atom. The van der Waals surface area contributed by atoms with Crippen LogP contribution in [0.4, 0.5) is 0 Å². The standard InChI is InChI=1S/C10H14O/c1-7-6-9-4-5-10(3,11-9)8(7)2/h9H,1-2,4-6H2,3H3. The van der Waals surface area contributed by atoms with Crippen molar-refractivity contribution < 1.29 is 4.74 Å². The zero-order chi connectivity index (χ0) is 8.06. The third-order valence-corrected chi connectivity index (χ3v) is 2.91. The molecule has 11 heavy (non-hydrogen) atoms. The number of hydrogen-bond acceptors (Lipinski definition) is 1. The Hall–Kier alpha value is -0.560. The summed E-state index contributed by atoms with van der Waals surface area (Å²) in [5, 5.41) is 0. The molecular weight excluding hydrogens is 136 g/mol. The Kier molecular flexibility index (Phi) is 1.28. The highest BCUT2D eigenvalue weighted by Gasteiger charge is 2.43. The molecule has 2 atom stereocenters. The molecule has 1 nitrogen and oxygen atoms in total. The quantitative estimate of drug-likeness (QED) is 0.515. The molecule has 2 rings (SSSR count). The van der Waals surface area contributed by atoms with E-state index in [1.54, 1.807) is 0 Å². The van der Waals surface area contributed by atoms with Gasteiger partial charge in [-0.25, -0.2) is 0 Å². The van der Waals surface area contributed by atoms with Gasteiger partial charge in [-0.1, -0.05) is 13.2 Å². The summed E-state index contributed by atoms with van der Waals surface area (Å²) < 4.78 is 5.81. The van der Waals surface area contributed by atoms with E-state index in [0.29, 0.717) is 6.10 Å². The second kappa shape index (κ2) is 1.98. The van der Waals surface area contributed by atoms with E-state index >= 15 is 0 Å². The molecular formula is C10H14O. The van der Waals surface area contributed by atoms with Crippen LogP contribution in [0.3, 0.4) is 0 Å². The van der Waals surface area contributed by atoms with Gasteiger partial charge in [-0.2, -0.15) is 0 Å². The van der Waals surface area contributed by atoms with Crippen molar-refractivity contribution in [2.24, 2.45) is 0 Å². The van der Waals surface area contributed by atoms with Gasteiger partial charge >= 0.3 is 0 Å². The summed E-state index contributed by atoms with van der Waals surface area (Å²) in [5.41, 5.74) is 2.24. The van der Waals surface area contributed by atoms with Crippen LogP contribution in [0.5, 0.6) is 0 Å². The third kappa shape index (κ3) is 0.875. The first-order valence-electron chi connectivity index (χ1n) is 4.17. The predicted octanol–water partition coefficient (Wildman–Crippen LogP) is 2.44. The van der Waals surface area contributed by atoms with Crippen LogP contribution in [0.2, 0.25) is 0 Å². The minimum Gasteiger partial charge on any atom is -0.367 e. The van der Waals surface area contributed by atoms with Crippen molar-refractivity contribution in [2.45, 2.75) is 37.9 Å². The van der Waals surface area contributed by atoms with Gasteiger partial charge in [0.1, 0.15) is 0 Å². The van der Waals surface area contributed by atoms with Gasteiger partial charge in [-0.05, 0) is 37.3 Å². The lowest BCUT2D eigenvalue weighted by Crippen LogP contribution is -2.32. The lowest BCUT2D eigenvalue weighted by atomic mass is 9.89. The summed E-state index contributed by atoms with van der Waals surface area (Å²) in [5.74, 6) is 0. The van der Waals surface area contributed by atoms with Crippen molar-refractivity contribution in [3.63, 3.8) is 0 Å². The molecule has 2 heterocycles. The summed E-state index contributed by atoms with van der Waals surface area (Å²) in [7, 11) is 0. The van der Waals surface area contributed by atoms with Crippen molar-refractivity contribution >= 4 is 0 Å². The predicted molar refractivity (Wildman–Crippen MR) is 45.4 cm³/mol. The highest BCUT2D eigenvalue weighted by atomic mass is 16.5. The first kappa shape index (κ1) is 7.11. The minimum atomic E-state index is -0.0694. The van der Waals surface area contributed by atoms with Crippen LogP contribution >= 0.6 is 0 Å². The lowest BCUT2D eigenvalue weighted by molar-refractivity contribution is -0.0145. The summed E-state index contributed by atoms with van der Waals surface area (Å²) >= 11 is 0. The minimum absolute atomic E-state index is 0.0694. The summed E-state index contributed by atoms with van der Waals surface area (Å²) in [6, 6.07) is 0. The second-order valence-corrected chi connectivity index (χ2v) is 3.80. The van der Waals surface area contributed by atoms with Crippen LogP contribution < -0.4 is 0 Å². The van der Waals surface area contributed by atoms with Crippen LogP contribution in [0, 0.1) is 0 Å². The molecule has 0 radical (unpaired) electrons. The van der Waals surface area contributed by atoms with Crippen LogP contribution in [0.25, 0.3) is 0 Å². The molecule has 2 unspecified atom stereocenters. The number of rotatable bonds is 0. The molecule has 0 amide bonds. The van der Waals surface area contributed by atoms with Gasteiger partial charge in [0.2, 0.25) is 0 Å². The molecule has 1 heteroatoms. The van der Waals surface area contributed by atoms with Crippen LogP contribution in [0.15, 0.2) is 24.3 Å². The summed E-state index contributed by atoms with van der Waals surface area (Å²) in [6.07, 6.45) is 3.72. The van der Waals surface area contributed by atoms with E-state index in [2.05, 4.69) is 20.1 Å². The fourth-order valence-electron chi connectivity index (χ4n) is 2.06. The van der Waals surface area contributed by atoms with Crippen molar-refractivity contribution in [1.82, 2.24) is 0 Å². The Morgan fingerprint density at radius 3 is 3.00 bits per heavy atom. The molecule has 2 aliphatic rings. The van der Waals surface area contributed by atoms with Gasteiger partial charge < -0.3 is 4.74 Å². The molecule has 2 fully saturated rings. The molecule has 0 spiro atoms. The van der Waals surface area contributed by atoms with E-state index < -0.39 is 0 Å². The maximum atomic E-state index is 5.81. The fourth-order valence-corrected chi connectivity index (χ4v) is 2.06. The van der Waals surface area contributed by atoms with E-state index in [1.807, 2.05) is 0 Å². The lowest BCUT2D eigenvalue weighted by Gasteiger charge is -2.33. The topological polar surface area (TPSA) is 9.23 Å². The Morgan fingerprint density at radius 1 is 1.55 bits per heavy atom. The molecule has 0 aromatic rings. The molecule has 0 aromatic heterocycles. The van der Waals surface area contributed by atoms with Crippen molar-refractivity contribution in [2.75, 3.05) is 0 Å². The third-order valence-electron chi connectivity index (χ3n) is 2.91. The maximum absolute atomic E-state index is 5.81. The van der Waals surface area contributed by atoms with Crippen LogP contribution in [0.1, 0.15) is 26.2 Å². The monoisotopic (exact) mass is 150 g/mol. The Balaban J connectivity index is 2.35. The molecule has 2 saturated heterocycles. The van der Waals surface area contributed by atoms with Gasteiger partial charge in [0, 0.05) is 0 Å². The number of ether oxygens (including phenoxy) is 1. The largest absolute Gasteiger partial charge is 0.367 e. The average molecular weight is 150 g/mol. The van der Waals surface area contributed by atoms with Gasteiger partial charge in [-0.3, -0.25) is 0 Å². The van der Waals surface area contributed by atoms with Gasteiger partial charge in [0.25, 0.3) is 0 Å². The zero-order valence-electron chi connectivity index (χ0n) is 7.02. The molecule has 0 saturated carbocycles. The maximum Gasteiger partial charge on any atom is 0.0904 e. The number of hydrogen-bond donors (Lipinski definition) is 0. The van der Waals surface area contributed by atoms with Crippen LogP contribution in [-0.4, -0.2) is 11.7 Å². The number of fused-ring (bicyclic) bond motifs is 2. The first-order chi connectivity index (χ1) is 5.12. The fraction of sp³-hybridized carbons (Fsp3) is 0.600. The highest BCUT2D eigenvalue weighted by molar-refractivity contribution is 5.37. The average Bonchev–Trinajstić information content (AvgIpc) is 2.27.